The Bertz CT molecular complexity index is 364. The molecule has 0 bridgehead atoms. The van der Waals surface area contributed by atoms with Crippen LogP contribution in [0.2, 0.25) is 0 Å². The van der Waals surface area contributed by atoms with Crippen LogP contribution in [0.3, 0.4) is 0 Å². The van der Waals surface area contributed by atoms with Gasteiger partial charge in [0, 0.05) is 38.1 Å². The van der Waals surface area contributed by atoms with E-state index in [-0.39, 0.29) is 5.97 Å². The van der Waals surface area contributed by atoms with Crippen LogP contribution in [0.1, 0.15) is 57.8 Å². The number of methoxy groups -OCH3 is 1. The minimum absolute atomic E-state index is 0.0466. The number of carbonyl (C=O) groups is 1. The SMILES string of the molecule is COC(=O)CC1CC(NC2CCCCC2)CN(CC2CC2)C1. The first-order valence-electron chi connectivity index (χ1n) is 9.28. The van der Waals surface area contributed by atoms with Crippen LogP contribution >= 0.6 is 0 Å². The largest absolute Gasteiger partial charge is 0.469 e. The Balaban J connectivity index is 1.53. The molecule has 2 aliphatic carbocycles. The molecule has 1 aliphatic heterocycles. The van der Waals surface area contributed by atoms with E-state index in [4.69, 9.17) is 4.74 Å². The first-order valence-corrected chi connectivity index (χ1v) is 9.28. The van der Waals surface area contributed by atoms with Crippen LogP contribution < -0.4 is 5.32 Å². The quantitative estimate of drug-likeness (QED) is 0.766. The second kappa shape index (κ2) is 7.78. The standard InChI is InChI=1S/C18H32N2O2/c1-22-18(21)10-15-9-17(19-16-5-3-2-4-6-16)13-20(12-15)11-14-7-8-14/h14-17,19H,2-13H2,1H3. The fourth-order valence-electron chi connectivity index (χ4n) is 4.31. The number of nitrogens with one attached hydrogen (secondary N) is 1. The highest BCUT2D eigenvalue weighted by Gasteiger charge is 2.33. The maximum Gasteiger partial charge on any atom is 0.305 e. The predicted molar refractivity (Wildman–Crippen MR) is 87.7 cm³/mol. The average Bonchev–Trinajstić information content (AvgIpc) is 3.32. The van der Waals surface area contributed by atoms with Gasteiger partial charge < -0.3 is 15.0 Å². The van der Waals surface area contributed by atoms with Gasteiger partial charge in [0.25, 0.3) is 0 Å². The lowest BCUT2D eigenvalue weighted by atomic mass is 9.89. The van der Waals surface area contributed by atoms with Gasteiger partial charge in [-0.25, -0.2) is 0 Å². The summed E-state index contributed by atoms with van der Waals surface area (Å²) in [6.45, 7) is 3.49. The molecule has 1 N–H and O–H groups in total. The van der Waals surface area contributed by atoms with Crippen LogP contribution in [0.15, 0.2) is 0 Å². The van der Waals surface area contributed by atoms with Gasteiger partial charge in [-0.05, 0) is 43.9 Å². The number of likely N-dealkylation sites (tertiary alicyclic amines) is 1. The zero-order valence-electron chi connectivity index (χ0n) is 14.1. The Morgan fingerprint density at radius 2 is 1.82 bits per heavy atom. The Kier molecular flexibility index (Phi) is 5.75. The van der Waals surface area contributed by atoms with Crippen LogP contribution in [-0.2, 0) is 9.53 Å². The van der Waals surface area contributed by atoms with E-state index in [1.165, 1.54) is 65.1 Å². The Morgan fingerprint density at radius 3 is 2.50 bits per heavy atom. The molecular weight excluding hydrogens is 276 g/mol. The molecule has 3 fully saturated rings. The molecule has 0 amide bonds. The van der Waals surface area contributed by atoms with Crippen LogP contribution in [0, 0.1) is 11.8 Å². The van der Waals surface area contributed by atoms with Crippen molar-refractivity contribution in [2.75, 3.05) is 26.7 Å². The third kappa shape index (κ3) is 4.95. The lowest BCUT2D eigenvalue weighted by molar-refractivity contribution is -0.142. The Morgan fingerprint density at radius 1 is 1.05 bits per heavy atom. The number of esters is 1. The van der Waals surface area contributed by atoms with Crippen molar-refractivity contribution in [1.82, 2.24) is 10.2 Å². The van der Waals surface area contributed by atoms with Crippen molar-refractivity contribution in [3.8, 4) is 0 Å². The summed E-state index contributed by atoms with van der Waals surface area (Å²) in [6.07, 6.45) is 11.3. The molecule has 126 valence electrons. The van der Waals surface area contributed by atoms with Crippen molar-refractivity contribution in [2.24, 2.45) is 11.8 Å². The summed E-state index contributed by atoms with van der Waals surface area (Å²) >= 11 is 0. The molecule has 1 saturated heterocycles. The molecule has 0 aromatic carbocycles. The zero-order chi connectivity index (χ0) is 15.4. The number of nitrogens with zero attached hydrogens (tertiary/aromatic N) is 1. The third-order valence-electron chi connectivity index (χ3n) is 5.59. The van der Waals surface area contributed by atoms with Crippen LogP contribution in [-0.4, -0.2) is 49.7 Å². The molecule has 0 spiro atoms. The summed E-state index contributed by atoms with van der Waals surface area (Å²) in [7, 11) is 1.50. The summed E-state index contributed by atoms with van der Waals surface area (Å²) < 4.78 is 4.89. The molecule has 22 heavy (non-hydrogen) atoms. The van der Waals surface area contributed by atoms with Crippen molar-refractivity contribution < 1.29 is 9.53 Å². The first-order chi connectivity index (χ1) is 10.7. The number of hydrogen-bond donors (Lipinski definition) is 1. The smallest absolute Gasteiger partial charge is 0.305 e. The monoisotopic (exact) mass is 308 g/mol. The van der Waals surface area contributed by atoms with Crippen molar-refractivity contribution in [2.45, 2.75) is 69.9 Å². The predicted octanol–water partition coefficient (Wildman–Crippen LogP) is 2.57. The normalized spacial score (nSPS) is 31.1. The Hall–Kier alpha value is -0.610. The number of rotatable bonds is 6. The molecule has 4 nitrogen and oxygen atoms in total. The second-order valence-electron chi connectivity index (χ2n) is 7.74. The highest BCUT2D eigenvalue weighted by molar-refractivity contribution is 5.69. The van der Waals surface area contributed by atoms with Gasteiger partial charge in [-0.1, -0.05) is 19.3 Å². The molecule has 2 atom stereocenters. The molecule has 2 unspecified atom stereocenters. The third-order valence-corrected chi connectivity index (χ3v) is 5.59. The van der Waals surface area contributed by atoms with Crippen molar-refractivity contribution in [3.63, 3.8) is 0 Å². The van der Waals surface area contributed by atoms with Gasteiger partial charge in [-0.3, -0.25) is 4.79 Å². The van der Waals surface area contributed by atoms with Crippen LogP contribution in [0.25, 0.3) is 0 Å². The summed E-state index contributed by atoms with van der Waals surface area (Å²) in [5.74, 6) is 1.34. The fourth-order valence-corrected chi connectivity index (χ4v) is 4.31. The van der Waals surface area contributed by atoms with E-state index in [1.54, 1.807) is 0 Å². The fraction of sp³-hybridized carbons (Fsp3) is 0.944. The maximum atomic E-state index is 11.7. The van der Waals surface area contributed by atoms with E-state index in [0.717, 1.165) is 18.9 Å². The van der Waals surface area contributed by atoms with Gasteiger partial charge in [-0.2, -0.15) is 0 Å². The lowest BCUT2D eigenvalue weighted by Crippen LogP contribution is -2.52. The van der Waals surface area contributed by atoms with Crippen molar-refractivity contribution >= 4 is 5.97 Å². The second-order valence-corrected chi connectivity index (χ2v) is 7.74. The summed E-state index contributed by atoms with van der Waals surface area (Å²) in [5.41, 5.74) is 0. The van der Waals surface area contributed by atoms with Gasteiger partial charge in [-0.15, -0.1) is 0 Å². The van der Waals surface area contributed by atoms with Crippen molar-refractivity contribution in [1.29, 1.82) is 0 Å². The molecule has 0 aromatic heterocycles. The highest BCUT2D eigenvalue weighted by atomic mass is 16.5. The minimum Gasteiger partial charge on any atom is -0.469 e. The minimum atomic E-state index is -0.0466. The molecule has 2 saturated carbocycles. The molecule has 3 aliphatic rings. The van der Waals surface area contributed by atoms with Crippen LogP contribution in [0.4, 0.5) is 0 Å². The molecule has 0 aromatic rings. The zero-order valence-corrected chi connectivity index (χ0v) is 14.1. The number of hydrogen-bond acceptors (Lipinski definition) is 4. The summed E-state index contributed by atoms with van der Waals surface area (Å²) in [5, 5.41) is 3.91. The molecule has 0 radical (unpaired) electrons. The molecule has 3 rings (SSSR count). The number of ether oxygens (including phenoxy) is 1. The van der Waals surface area contributed by atoms with E-state index in [9.17, 15) is 4.79 Å². The number of piperidine rings is 1. The summed E-state index contributed by atoms with van der Waals surface area (Å²) in [6, 6.07) is 1.27. The van der Waals surface area contributed by atoms with Gasteiger partial charge >= 0.3 is 5.97 Å². The Labute approximate surface area is 135 Å². The topological polar surface area (TPSA) is 41.6 Å². The molecule has 4 heteroatoms. The molecule has 1 heterocycles. The van der Waals surface area contributed by atoms with E-state index in [1.807, 2.05) is 0 Å². The van der Waals surface area contributed by atoms with E-state index in [2.05, 4.69) is 10.2 Å². The number of carbonyl (C=O) groups excluding carboxylic acids is 1. The average molecular weight is 308 g/mol. The van der Waals surface area contributed by atoms with Gasteiger partial charge in [0.2, 0.25) is 0 Å². The van der Waals surface area contributed by atoms with E-state index >= 15 is 0 Å². The van der Waals surface area contributed by atoms with E-state index in [0.29, 0.717) is 24.4 Å². The maximum absolute atomic E-state index is 11.7. The van der Waals surface area contributed by atoms with Gasteiger partial charge in [0.1, 0.15) is 0 Å². The molecular formula is C18H32N2O2. The lowest BCUT2D eigenvalue weighted by Gasteiger charge is -2.40. The van der Waals surface area contributed by atoms with Crippen LogP contribution in [0.5, 0.6) is 0 Å². The van der Waals surface area contributed by atoms with Gasteiger partial charge in [0.05, 0.1) is 7.11 Å². The highest BCUT2D eigenvalue weighted by Crippen LogP contribution is 2.32. The first kappa shape index (κ1) is 16.3. The summed E-state index contributed by atoms with van der Waals surface area (Å²) in [4.78, 5) is 14.3. The van der Waals surface area contributed by atoms with Gasteiger partial charge in [0.15, 0.2) is 0 Å². The van der Waals surface area contributed by atoms with Crippen molar-refractivity contribution in [3.05, 3.63) is 0 Å². The van der Waals surface area contributed by atoms with E-state index < -0.39 is 0 Å².